The molecule has 0 aliphatic rings. The Morgan fingerprint density at radius 1 is 1.15 bits per heavy atom. The first-order valence-electron chi connectivity index (χ1n) is 6.93. The number of aromatic nitrogens is 3. The van der Waals surface area contributed by atoms with Gasteiger partial charge in [-0.2, -0.15) is 0 Å². The van der Waals surface area contributed by atoms with Crippen molar-refractivity contribution in [3.05, 3.63) is 60.0 Å². The van der Waals surface area contributed by atoms with E-state index < -0.39 is 0 Å². The molecule has 0 saturated heterocycles. The number of rotatable bonds is 4. The second-order valence-corrected chi connectivity index (χ2v) is 4.86. The van der Waals surface area contributed by atoms with Crippen LogP contribution in [-0.4, -0.2) is 14.5 Å². The lowest BCUT2D eigenvalue weighted by molar-refractivity contribution is 0.623. The quantitative estimate of drug-likeness (QED) is 0.790. The zero-order chi connectivity index (χ0) is 13.9. The van der Waals surface area contributed by atoms with Crippen LogP contribution in [0.1, 0.15) is 30.8 Å². The zero-order valence-electron chi connectivity index (χ0n) is 11.5. The standard InChI is InChI=1S/C16H18N4/c1-2-11-20-15-13(9-6-10-18-15)19-16(20)14(17)12-7-4-3-5-8-12/h3-10,14H,2,11,17H2,1H3. The van der Waals surface area contributed by atoms with Crippen LogP contribution in [0.3, 0.4) is 0 Å². The molecule has 1 unspecified atom stereocenters. The summed E-state index contributed by atoms with van der Waals surface area (Å²) in [6, 6.07) is 13.7. The predicted molar refractivity (Wildman–Crippen MR) is 80.3 cm³/mol. The third kappa shape index (κ3) is 2.18. The third-order valence-corrected chi connectivity index (χ3v) is 3.42. The Labute approximate surface area is 118 Å². The molecule has 2 N–H and O–H groups in total. The van der Waals surface area contributed by atoms with Gasteiger partial charge in [0.2, 0.25) is 0 Å². The fraction of sp³-hybridized carbons (Fsp3) is 0.250. The third-order valence-electron chi connectivity index (χ3n) is 3.42. The topological polar surface area (TPSA) is 56.7 Å². The number of imidazole rings is 1. The second kappa shape index (κ2) is 5.43. The number of pyridine rings is 1. The van der Waals surface area contributed by atoms with E-state index in [9.17, 15) is 0 Å². The molecular weight excluding hydrogens is 248 g/mol. The summed E-state index contributed by atoms with van der Waals surface area (Å²) < 4.78 is 2.13. The molecule has 0 bridgehead atoms. The van der Waals surface area contributed by atoms with Gasteiger partial charge in [-0.1, -0.05) is 37.3 Å². The number of benzene rings is 1. The van der Waals surface area contributed by atoms with E-state index in [0.29, 0.717) is 0 Å². The average molecular weight is 266 g/mol. The lowest BCUT2D eigenvalue weighted by Crippen LogP contribution is -2.18. The van der Waals surface area contributed by atoms with Gasteiger partial charge < -0.3 is 10.3 Å². The largest absolute Gasteiger partial charge is 0.318 e. The van der Waals surface area contributed by atoms with Gasteiger partial charge in [0, 0.05) is 12.7 Å². The van der Waals surface area contributed by atoms with Crippen LogP contribution in [0.5, 0.6) is 0 Å². The maximum absolute atomic E-state index is 6.40. The van der Waals surface area contributed by atoms with Crippen molar-refractivity contribution in [3.63, 3.8) is 0 Å². The van der Waals surface area contributed by atoms with Crippen LogP contribution in [0.15, 0.2) is 48.7 Å². The summed E-state index contributed by atoms with van der Waals surface area (Å²) in [5.41, 5.74) is 9.29. The minimum atomic E-state index is -0.225. The Morgan fingerprint density at radius 3 is 2.70 bits per heavy atom. The summed E-state index contributed by atoms with van der Waals surface area (Å²) in [7, 11) is 0. The first-order valence-corrected chi connectivity index (χ1v) is 6.93. The molecule has 2 heterocycles. The normalized spacial score (nSPS) is 12.7. The molecule has 2 aromatic heterocycles. The summed E-state index contributed by atoms with van der Waals surface area (Å²) in [5.74, 6) is 0.881. The van der Waals surface area contributed by atoms with Gasteiger partial charge in [0.15, 0.2) is 5.65 Å². The number of hydrogen-bond acceptors (Lipinski definition) is 3. The highest BCUT2D eigenvalue weighted by atomic mass is 15.1. The molecule has 3 rings (SSSR count). The van der Waals surface area contributed by atoms with Crippen molar-refractivity contribution < 1.29 is 0 Å². The van der Waals surface area contributed by atoms with E-state index >= 15 is 0 Å². The number of nitrogens with zero attached hydrogens (tertiary/aromatic N) is 3. The molecule has 1 atom stereocenters. The van der Waals surface area contributed by atoms with Gasteiger partial charge in [0.25, 0.3) is 0 Å². The molecule has 0 fully saturated rings. The van der Waals surface area contributed by atoms with Crippen LogP contribution in [0, 0.1) is 0 Å². The maximum Gasteiger partial charge on any atom is 0.160 e. The Hall–Kier alpha value is -2.20. The molecule has 0 aliphatic heterocycles. The molecule has 0 spiro atoms. The molecule has 0 radical (unpaired) electrons. The van der Waals surface area contributed by atoms with Crippen LogP contribution >= 0.6 is 0 Å². The SMILES string of the molecule is CCCn1c(C(N)c2ccccc2)nc2cccnc21. The van der Waals surface area contributed by atoms with Crippen LogP contribution in [0.2, 0.25) is 0 Å². The lowest BCUT2D eigenvalue weighted by Gasteiger charge is -2.14. The number of aryl methyl sites for hydroxylation is 1. The molecule has 0 aliphatic carbocycles. The Bertz CT molecular complexity index is 703. The van der Waals surface area contributed by atoms with Crippen molar-refractivity contribution in [2.24, 2.45) is 5.73 Å². The molecule has 102 valence electrons. The minimum absolute atomic E-state index is 0.225. The lowest BCUT2D eigenvalue weighted by atomic mass is 10.1. The Kier molecular flexibility index (Phi) is 3.48. The minimum Gasteiger partial charge on any atom is -0.318 e. The summed E-state index contributed by atoms with van der Waals surface area (Å²) in [5, 5.41) is 0. The highest BCUT2D eigenvalue weighted by Crippen LogP contribution is 2.23. The Balaban J connectivity index is 2.12. The molecule has 3 aromatic rings. The monoisotopic (exact) mass is 266 g/mol. The van der Waals surface area contributed by atoms with Gasteiger partial charge in [0.05, 0.1) is 6.04 Å². The van der Waals surface area contributed by atoms with Crippen LogP contribution in [0.4, 0.5) is 0 Å². The molecule has 4 nitrogen and oxygen atoms in total. The number of fused-ring (bicyclic) bond motifs is 1. The van der Waals surface area contributed by atoms with E-state index in [0.717, 1.165) is 35.5 Å². The highest BCUT2D eigenvalue weighted by molar-refractivity contribution is 5.71. The van der Waals surface area contributed by atoms with Gasteiger partial charge in [0.1, 0.15) is 11.3 Å². The first kappa shape index (κ1) is 12.8. The van der Waals surface area contributed by atoms with Gasteiger partial charge in [-0.25, -0.2) is 9.97 Å². The summed E-state index contributed by atoms with van der Waals surface area (Å²) >= 11 is 0. The van der Waals surface area contributed by atoms with Gasteiger partial charge in [-0.15, -0.1) is 0 Å². The summed E-state index contributed by atoms with van der Waals surface area (Å²) in [6.07, 6.45) is 2.82. The van der Waals surface area contributed by atoms with Crippen molar-refractivity contribution in [1.29, 1.82) is 0 Å². The van der Waals surface area contributed by atoms with E-state index in [1.165, 1.54) is 0 Å². The highest BCUT2D eigenvalue weighted by Gasteiger charge is 2.18. The van der Waals surface area contributed by atoms with Gasteiger partial charge in [-0.3, -0.25) is 0 Å². The molecule has 0 amide bonds. The molecule has 4 heteroatoms. The smallest absolute Gasteiger partial charge is 0.160 e. The van der Waals surface area contributed by atoms with E-state index in [-0.39, 0.29) is 6.04 Å². The number of nitrogens with two attached hydrogens (primary N) is 1. The van der Waals surface area contributed by atoms with Gasteiger partial charge >= 0.3 is 0 Å². The van der Waals surface area contributed by atoms with E-state index in [2.05, 4.69) is 21.5 Å². The van der Waals surface area contributed by atoms with Crippen molar-refractivity contribution in [1.82, 2.24) is 14.5 Å². The average Bonchev–Trinajstić information content (AvgIpc) is 2.87. The summed E-state index contributed by atoms with van der Waals surface area (Å²) in [4.78, 5) is 9.12. The van der Waals surface area contributed by atoms with E-state index in [1.807, 2.05) is 42.5 Å². The second-order valence-electron chi connectivity index (χ2n) is 4.86. The molecule has 1 aromatic carbocycles. The molecule has 20 heavy (non-hydrogen) atoms. The van der Waals surface area contributed by atoms with E-state index in [1.54, 1.807) is 6.20 Å². The van der Waals surface area contributed by atoms with Crippen LogP contribution in [-0.2, 0) is 6.54 Å². The predicted octanol–water partition coefficient (Wildman–Crippen LogP) is 2.89. The van der Waals surface area contributed by atoms with Crippen molar-refractivity contribution >= 4 is 11.2 Å². The van der Waals surface area contributed by atoms with Crippen molar-refractivity contribution in [2.75, 3.05) is 0 Å². The number of hydrogen-bond donors (Lipinski definition) is 1. The first-order chi connectivity index (χ1) is 9.81. The van der Waals surface area contributed by atoms with E-state index in [4.69, 9.17) is 5.73 Å². The fourth-order valence-electron chi connectivity index (χ4n) is 2.47. The van der Waals surface area contributed by atoms with Crippen molar-refractivity contribution in [2.45, 2.75) is 25.9 Å². The zero-order valence-corrected chi connectivity index (χ0v) is 11.5. The van der Waals surface area contributed by atoms with Crippen LogP contribution < -0.4 is 5.73 Å². The van der Waals surface area contributed by atoms with Crippen molar-refractivity contribution in [3.8, 4) is 0 Å². The Morgan fingerprint density at radius 2 is 1.95 bits per heavy atom. The maximum atomic E-state index is 6.40. The molecule has 0 saturated carbocycles. The summed E-state index contributed by atoms with van der Waals surface area (Å²) in [6.45, 7) is 3.02. The van der Waals surface area contributed by atoms with Gasteiger partial charge in [-0.05, 0) is 24.1 Å². The van der Waals surface area contributed by atoms with Crippen LogP contribution in [0.25, 0.3) is 11.2 Å². The fourth-order valence-corrected chi connectivity index (χ4v) is 2.47. The molecular formula is C16H18N4.